The van der Waals surface area contributed by atoms with Crippen LogP contribution in [-0.2, 0) is 30.2 Å². The number of oxime groups is 1. The number of thioether (sulfide) groups is 1. The Morgan fingerprint density at radius 2 is 1.88 bits per heavy atom. The second-order valence-corrected chi connectivity index (χ2v) is 8.91. The molecule has 0 bridgehead atoms. The zero-order valence-electron chi connectivity index (χ0n) is 14.2. The van der Waals surface area contributed by atoms with Crippen LogP contribution in [-0.4, -0.2) is 143 Å². The number of hydrogen-bond acceptors (Lipinski definition) is 11. The number of rotatable bonds is 8. The molecule has 1 saturated heterocycles. The molecule has 149 valence electrons. The third-order valence-electron chi connectivity index (χ3n) is 3.16. The summed E-state index contributed by atoms with van der Waals surface area (Å²) in [7, 11) is -5.94. The molecule has 1 fully saturated rings. The Kier molecular flexibility index (Phi) is 13.4. The van der Waals surface area contributed by atoms with E-state index in [0.29, 0.717) is 23.9 Å². The van der Waals surface area contributed by atoms with Crippen LogP contribution in [0.2, 0.25) is 0 Å². The van der Waals surface area contributed by atoms with Gasteiger partial charge in [-0.1, -0.05) is 16.9 Å². The van der Waals surface area contributed by atoms with Gasteiger partial charge in [-0.15, -0.1) is 0 Å². The van der Waals surface area contributed by atoms with Crippen LogP contribution >= 0.6 is 11.8 Å². The smallest absolute Gasteiger partial charge is 0.394 e. The van der Waals surface area contributed by atoms with Gasteiger partial charge in [-0.25, -0.2) is 4.28 Å². The first-order valence-electron chi connectivity index (χ1n) is 7.05. The van der Waals surface area contributed by atoms with Gasteiger partial charge in [0.25, 0.3) is 0 Å². The third kappa shape index (κ3) is 9.68. The third-order valence-corrected chi connectivity index (χ3v) is 5.46. The van der Waals surface area contributed by atoms with Crippen LogP contribution in [0.25, 0.3) is 0 Å². The molecule has 6 atom stereocenters. The number of aliphatic hydroxyl groups is 4. The predicted octanol–water partition coefficient (Wildman–Crippen LogP) is -2.57. The minimum atomic E-state index is -4.84. The summed E-state index contributed by atoms with van der Waals surface area (Å²) in [6.07, 6.45) is -3.92. The van der Waals surface area contributed by atoms with Crippen LogP contribution in [0, 0.1) is 0 Å². The van der Waals surface area contributed by atoms with Crippen molar-refractivity contribution in [2.45, 2.75) is 42.7 Å². The molecule has 1 radical (unpaired) electrons. The van der Waals surface area contributed by atoms with E-state index >= 15 is 0 Å². The van der Waals surface area contributed by atoms with E-state index < -0.39 is 57.7 Å². The van der Waals surface area contributed by atoms with Gasteiger partial charge < -0.3 is 25.2 Å². The summed E-state index contributed by atoms with van der Waals surface area (Å²) in [5.74, 6) is 0.292. The molecule has 1 aliphatic heterocycles. The average molecular weight is 463 g/mol. The first-order valence-corrected chi connectivity index (χ1v) is 11.0. The van der Waals surface area contributed by atoms with E-state index in [1.165, 1.54) is 6.26 Å². The summed E-state index contributed by atoms with van der Waals surface area (Å²) in [6.45, 7) is -0.620. The van der Waals surface area contributed by atoms with E-state index in [1.807, 2.05) is 0 Å². The quantitative estimate of drug-likeness (QED) is 0.0840. The van der Waals surface area contributed by atoms with Crippen LogP contribution in [0.5, 0.6) is 0 Å². The van der Waals surface area contributed by atoms with Crippen molar-refractivity contribution in [3.63, 3.8) is 0 Å². The van der Waals surface area contributed by atoms with Gasteiger partial charge in [0.1, 0.15) is 34.9 Å². The molecule has 0 saturated carbocycles. The van der Waals surface area contributed by atoms with Gasteiger partial charge in [0.2, 0.25) is 0 Å². The fourth-order valence-electron chi connectivity index (χ4n) is 1.94. The van der Waals surface area contributed by atoms with E-state index in [1.54, 1.807) is 0 Å². The van der Waals surface area contributed by atoms with Crippen molar-refractivity contribution in [2.75, 3.05) is 18.6 Å². The van der Waals surface area contributed by atoms with Gasteiger partial charge in [0, 0.05) is 80.6 Å². The van der Waals surface area contributed by atoms with Crippen LogP contribution in [0.3, 0.4) is 0 Å². The summed E-state index contributed by atoms with van der Waals surface area (Å²) in [6, 6.07) is 0. The minimum absolute atomic E-state index is 0. The number of aliphatic hydroxyl groups excluding tert-OH is 4. The van der Waals surface area contributed by atoms with Crippen LogP contribution in [0.15, 0.2) is 5.16 Å². The topological polar surface area (TPSA) is 183 Å². The predicted molar refractivity (Wildman–Crippen MR) is 95.3 cm³/mol. The first-order chi connectivity index (χ1) is 11.5. The molecule has 0 aromatic heterocycles. The minimum Gasteiger partial charge on any atom is -0.394 e. The second kappa shape index (κ2) is 12.8. The largest absolute Gasteiger partial charge is 0.466 e. The summed E-state index contributed by atoms with van der Waals surface area (Å²) in [5.41, 5.74) is -1.19. The molecular weight excluding hydrogens is 441 g/mol. The van der Waals surface area contributed by atoms with Crippen LogP contribution in [0.4, 0.5) is 0 Å². The van der Waals surface area contributed by atoms with Crippen molar-refractivity contribution < 1.29 is 46.6 Å². The molecule has 11 nitrogen and oxygen atoms in total. The van der Waals surface area contributed by atoms with Crippen LogP contribution < -0.4 is 0 Å². The van der Waals surface area contributed by atoms with Crippen molar-refractivity contribution in [2.24, 2.45) is 5.16 Å². The molecule has 0 amide bonds. The molecular formula is C11H21KNO10S3. The maximum Gasteiger partial charge on any atom is 0.466 e. The molecule has 15 heteroatoms. The zero-order chi connectivity index (χ0) is 19.2. The van der Waals surface area contributed by atoms with Crippen molar-refractivity contribution in [1.29, 1.82) is 0 Å². The van der Waals surface area contributed by atoms with E-state index in [2.05, 4.69) is 9.44 Å². The zero-order valence-corrected chi connectivity index (χ0v) is 19.7. The SMILES string of the molecule is CS(=O)CCCC(=NOS(=O)(=O)O)S[C@@H]1O[C@H](CO)[C@@H](O)[C@H](O)[C@H]1O.[K]. The molecule has 0 spiro atoms. The Morgan fingerprint density at radius 1 is 1.27 bits per heavy atom. The average Bonchev–Trinajstić information content (AvgIpc) is 2.51. The van der Waals surface area contributed by atoms with E-state index in [4.69, 9.17) is 14.4 Å². The molecule has 1 aliphatic rings. The number of hydrogen-bond donors (Lipinski definition) is 5. The molecule has 0 aliphatic carbocycles. The van der Waals surface area contributed by atoms with Crippen molar-refractivity contribution in [3.05, 3.63) is 0 Å². The van der Waals surface area contributed by atoms with Crippen molar-refractivity contribution >= 4 is 89.4 Å². The molecule has 5 N–H and O–H groups in total. The Bertz CT molecular complexity index is 587. The number of nitrogens with zero attached hydrogens (tertiary/aromatic N) is 1. The number of ether oxygens (including phenoxy) is 1. The van der Waals surface area contributed by atoms with Gasteiger partial charge in [0.15, 0.2) is 0 Å². The Labute approximate surface area is 200 Å². The fraction of sp³-hybridized carbons (Fsp3) is 0.909. The monoisotopic (exact) mass is 462 g/mol. The van der Waals surface area contributed by atoms with Gasteiger partial charge >= 0.3 is 10.4 Å². The second-order valence-electron chi connectivity index (χ2n) is 5.18. The van der Waals surface area contributed by atoms with E-state index in [9.17, 15) is 27.9 Å². The van der Waals surface area contributed by atoms with Gasteiger partial charge in [-0.05, 0) is 6.42 Å². The van der Waals surface area contributed by atoms with E-state index in [-0.39, 0.29) is 62.8 Å². The van der Waals surface area contributed by atoms with Gasteiger partial charge in [-0.3, -0.25) is 8.76 Å². The molecule has 0 aromatic carbocycles. The molecule has 1 unspecified atom stereocenters. The maximum atomic E-state index is 11.1. The Hall–Kier alpha value is 1.32. The Balaban J connectivity index is 0.00000625. The summed E-state index contributed by atoms with van der Waals surface area (Å²) in [4.78, 5) is 0. The summed E-state index contributed by atoms with van der Waals surface area (Å²) in [5, 5.41) is 41.8. The molecule has 0 aromatic rings. The fourth-order valence-corrected chi connectivity index (χ4v) is 3.83. The van der Waals surface area contributed by atoms with Gasteiger partial charge in [0.05, 0.1) is 6.61 Å². The van der Waals surface area contributed by atoms with Crippen LogP contribution in [0.1, 0.15) is 12.8 Å². The maximum absolute atomic E-state index is 11.1. The van der Waals surface area contributed by atoms with Crippen molar-refractivity contribution in [1.82, 2.24) is 0 Å². The van der Waals surface area contributed by atoms with Gasteiger partial charge in [-0.2, -0.15) is 8.42 Å². The Morgan fingerprint density at radius 3 is 2.38 bits per heavy atom. The summed E-state index contributed by atoms with van der Waals surface area (Å²) < 4.78 is 50.2. The normalized spacial score (nSPS) is 31.2. The molecule has 1 heterocycles. The standard InChI is InChI=1S/C11H21NO10S3.K/c1-24(17)4-2-3-7(12-22-25(18,19)20)23-11-10(16)9(15)8(14)6(5-13)21-11;/h6,8-11,13-16H,2-5H2,1H3,(H,18,19,20);/t6-,8-,9+,10-,11+,24?;/m1./s1. The van der Waals surface area contributed by atoms with E-state index in [0.717, 1.165) is 0 Å². The molecule has 26 heavy (non-hydrogen) atoms. The summed E-state index contributed by atoms with van der Waals surface area (Å²) >= 11 is 0.687. The first kappa shape index (κ1) is 27.3. The molecule has 1 rings (SSSR count). The van der Waals surface area contributed by atoms with Crippen molar-refractivity contribution in [3.8, 4) is 0 Å².